The molecule has 0 fully saturated rings. The van der Waals surface area contributed by atoms with E-state index in [-0.39, 0.29) is 49.7 Å². The summed E-state index contributed by atoms with van der Waals surface area (Å²) in [5.74, 6) is -1.17. The van der Waals surface area contributed by atoms with E-state index in [0.29, 0.717) is 11.0 Å². The molecule has 1 heterocycles. The van der Waals surface area contributed by atoms with Crippen LogP contribution in [0.15, 0.2) is 70.2 Å². The Morgan fingerprint density at radius 2 is 1.83 bits per heavy atom. The molecule has 0 radical (unpaired) electrons. The second-order valence-electron chi connectivity index (χ2n) is 10.1. The number of likely N-dealkylation sites (N-methyl/N-ethyl adjacent to an activating group) is 1. The molecule has 3 rings (SSSR count). The van der Waals surface area contributed by atoms with Crippen molar-refractivity contribution in [1.29, 1.82) is 5.26 Å². The van der Waals surface area contributed by atoms with Gasteiger partial charge in [-0.05, 0) is 49.2 Å². The van der Waals surface area contributed by atoms with Gasteiger partial charge in [0.25, 0.3) is 5.91 Å². The maximum Gasteiger partial charge on any atom is 0.252 e. The van der Waals surface area contributed by atoms with Crippen molar-refractivity contribution in [2.24, 2.45) is 5.92 Å². The topological polar surface area (TPSA) is 156 Å². The third-order valence-electron chi connectivity index (χ3n) is 6.39. The van der Waals surface area contributed by atoms with Crippen molar-refractivity contribution in [3.8, 4) is 6.07 Å². The third kappa shape index (κ3) is 8.61. The molecular formula is C29H37N5O6S. The highest BCUT2D eigenvalue weighted by molar-refractivity contribution is 7.89. The van der Waals surface area contributed by atoms with Crippen LogP contribution in [0, 0.1) is 17.2 Å². The zero-order valence-electron chi connectivity index (χ0n) is 23.5. The number of hydrazine groups is 1. The summed E-state index contributed by atoms with van der Waals surface area (Å²) >= 11 is 0. The van der Waals surface area contributed by atoms with Crippen molar-refractivity contribution in [2.75, 3.05) is 26.7 Å². The van der Waals surface area contributed by atoms with E-state index in [9.17, 15) is 23.1 Å². The number of aliphatic hydroxyl groups is 1. The second-order valence-corrected chi connectivity index (χ2v) is 12.1. The van der Waals surface area contributed by atoms with Crippen molar-refractivity contribution in [3.63, 3.8) is 0 Å². The maximum absolute atomic E-state index is 13.8. The maximum atomic E-state index is 13.8. The number of hydrogen-bond donors (Lipinski definition) is 3. The van der Waals surface area contributed by atoms with Gasteiger partial charge in [-0.1, -0.05) is 44.2 Å². The number of nitrogens with zero attached hydrogens (tertiary/aromatic N) is 3. The van der Waals surface area contributed by atoms with Crippen LogP contribution in [0.25, 0.3) is 11.0 Å². The number of nitrogens with one attached hydrogen (secondary N) is 2. The molecule has 3 N–H and O–H groups in total. The van der Waals surface area contributed by atoms with Gasteiger partial charge in [-0.25, -0.2) is 13.4 Å². The molecule has 0 spiro atoms. The molecule has 41 heavy (non-hydrogen) atoms. The van der Waals surface area contributed by atoms with E-state index in [4.69, 9.17) is 9.68 Å². The van der Waals surface area contributed by atoms with E-state index in [1.165, 1.54) is 22.7 Å². The Labute approximate surface area is 240 Å². The lowest BCUT2D eigenvalue weighted by Gasteiger charge is -2.37. The van der Waals surface area contributed by atoms with Crippen molar-refractivity contribution in [1.82, 2.24) is 20.1 Å². The minimum absolute atomic E-state index is 0.0446. The number of furan rings is 1. The van der Waals surface area contributed by atoms with E-state index in [1.807, 2.05) is 50.2 Å². The molecule has 0 aliphatic heterocycles. The van der Waals surface area contributed by atoms with Gasteiger partial charge in [-0.15, -0.1) is 0 Å². The average molecular weight is 584 g/mol. The molecule has 0 aliphatic rings. The molecule has 0 bridgehead atoms. The van der Waals surface area contributed by atoms with E-state index in [0.717, 1.165) is 10.6 Å². The van der Waals surface area contributed by atoms with Crippen molar-refractivity contribution >= 4 is 32.8 Å². The standard InChI is InChI=1S/C29H37N5O6S/c1-21(2)19-33(41(38,39)24-11-12-27-23(17-24)13-15-40-27)20-26(35)25(16-22-8-5-4-6-9-22)34(29(37)10-7-14-30)32-28(36)18-31-3/h4-6,8-9,11-13,15,17,21,25-26,31,35H,7,10,16,18-20H2,1-3H3,(H,32,36)/t25-,26+/m0/s1. The highest BCUT2D eigenvalue weighted by Crippen LogP contribution is 2.25. The van der Waals surface area contributed by atoms with Crippen LogP contribution in [0.4, 0.5) is 0 Å². The van der Waals surface area contributed by atoms with E-state index >= 15 is 0 Å². The number of aliphatic hydroxyl groups excluding tert-OH is 1. The Bertz CT molecular complexity index is 1450. The van der Waals surface area contributed by atoms with Crippen LogP contribution in [0.3, 0.4) is 0 Å². The molecule has 2 amide bonds. The van der Waals surface area contributed by atoms with Crippen LogP contribution in [0.1, 0.15) is 32.3 Å². The van der Waals surface area contributed by atoms with Gasteiger partial charge >= 0.3 is 0 Å². The van der Waals surface area contributed by atoms with Crippen molar-refractivity contribution < 1.29 is 27.5 Å². The molecule has 11 nitrogen and oxygen atoms in total. The summed E-state index contributed by atoms with van der Waals surface area (Å²) in [6.07, 6.45) is -0.0766. The van der Waals surface area contributed by atoms with Crippen LogP contribution in [0.5, 0.6) is 0 Å². The van der Waals surface area contributed by atoms with E-state index < -0.39 is 34.0 Å². The number of hydrogen-bond acceptors (Lipinski definition) is 8. The normalized spacial score (nSPS) is 13.2. The Morgan fingerprint density at radius 1 is 1.10 bits per heavy atom. The fourth-order valence-corrected chi connectivity index (χ4v) is 6.12. The van der Waals surface area contributed by atoms with Gasteiger partial charge in [0.2, 0.25) is 15.9 Å². The molecule has 0 saturated carbocycles. The number of carbonyl (C=O) groups excluding carboxylic acids is 2. The Balaban J connectivity index is 2.00. The van der Waals surface area contributed by atoms with Crippen molar-refractivity contribution in [2.45, 2.75) is 50.2 Å². The smallest absolute Gasteiger partial charge is 0.252 e. The summed E-state index contributed by atoms with van der Waals surface area (Å²) in [5.41, 5.74) is 3.88. The van der Waals surface area contributed by atoms with Gasteiger partial charge in [0.15, 0.2) is 0 Å². The largest absolute Gasteiger partial charge is 0.464 e. The molecule has 0 unspecified atom stereocenters. The monoisotopic (exact) mass is 583 g/mol. The fraction of sp³-hybridized carbons (Fsp3) is 0.414. The summed E-state index contributed by atoms with van der Waals surface area (Å²) in [6.45, 7) is 3.40. The number of amides is 2. The second kappa shape index (κ2) is 14.7. The quantitative estimate of drug-likeness (QED) is 0.244. The first-order valence-corrected chi connectivity index (χ1v) is 14.8. The van der Waals surface area contributed by atoms with Crippen LogP contribution in [-0.2, 0) is 26.0 Å². The third-order valence-corrected chi connectivity index (χ3v) is 8.21. The zero-order chi connectivity index (χ0) is 30.0. The molecule has 0 aliphatic carbocycles. The van der Waals surface area contributed by atoms with Crippen LogP contribution in [-0.4, -0.2) is 73.5 Å². The predicted molar refractivity (Wildman–Crippen MR) is 154 cm³/mol. The minimum Gasteiger partial charge on any atom is -0.464 e. The molecular weight excluding hydrogens is 546 g/mol. The fourth-order valence-electron chi connectivity index (χ4n) is 4.47. The average Bonchev–Trinajstić information content (AvgIpc) is 3.42. The zero-order valence-corrected chi connectivity index (χ0v) is 24.3. The lowest BCUT2D eigenvalue weighted by Crippen LogP contribution is -2.60. The molecule has 2 aromatic carbocycles. The number of fused-ring (bicyclic) bond motifs is 1. The van der Waals surface area contributed by atoms with E-state index in [1.54, 1.807) is 19.2 Å². The number of carbonyl (C=O) groups is 2. The highest BCUT2D eigenvalue weighted by atomic mass is 32.2. The summed E-state index contributed by atoms with van der Waals surface area (Å²) in [6, 6.07) is 16.2. The summed E-state index contributed by atoms with van der Waals surface area (Å²) in [4.78, 5) is 25.9. The van der Waals surface area contributed by atoms with Crippen molar-refractivity contribution in [3.05, 3.63) is 66.4 Å². The predicted octanol–water partition coefficient (Wildman–Crippen LogP) is 2.43. The lowest BCUT2D eigenvalue weighted by atomic mass is 9.99. The van der Waals surface area contributed by atoms with Gasteiger partial charge in [0.1, 0.15) is 5.58 Å². The summed E-state index contributed by atoms with van der Waals surface area (Å²) in [5, 5.41) is 25.1. The molecule has 0 saturated heterocycles. The molecule has 220 valence electrons. The first-order valence-electron chi connectivity index (χ1n) is 13.4. The van der Waals surface area contributed by atoms with Crippen LogP contribution in [0.2, 0.25) is 0 Å². The summed E-state index contributed by atoms with van der Waals surface area (Å²) in [7, 11) is -2.49. The lowest BCUT2D eigenvalue weighted by molar-refractivity contribution is -0.147. The first kappa shape index (κ1) is 31.8. The number of rotatable bonds is 14. The van der Waals surface area contributed by atoms with Gasteiger partial charge in [0, 0.05) is 31.3 Å². The van der Waals surface area contributed by atoms with Crippen LogP contribution >= 0.6 is 0 Å². The number of sulfonamides is 1. The SMILES string of the molecule is CNCC(=O)NN(C(=O)CCC#N)[C@@H](Cc1ccccc1)[C@H](O)CN(CC(C)C)S(=O)(=O)c1ccc2occc2c1. The van der Waals surface area contributed by atoms with Gasteiger partial charge < -0.3 is 14.8 Å². The number of benzene rings is 2. The van der Waals surface area contributed by atoms with E-state index in [2.05, 4.69) is 10.7 Å². The van der Waals surface area contributed by atoms with Crippen LogP contribution < -0.4 is 10.7 Å². The Hall–Kier alpha value is -3.76. The summed E-state index contributed by atoms with van der Waals surface area (Å²) < 4.78 is 34.2. The molecule has 12 heteroatoms. The Kier molecular flexibility index (Phi) is 11.4. The molecule has 2 atom stereocenters. The minimum atomic E-state index is -4.07. The first-order chi connectivity index (χ1) is 19.6. The van der Waals surface area contributed by atoms with Gasteiger partial charge in [0.05, 0.1) is 35.9 Å². The highest BCUT2D eigenvalue weighted by Gasteiger charge is 2.36. The number of nitriles is 1. The molecule has 1 aromatic heterocycles. The Morgan fingerprint density at radius 3 is 2.49 bits per heavy atom. The van der Waals surface area contributed by atoms with Gasteiger partial charge in [-0.3, -0.25) is 15.0 Å². The van der Waals surface area contributed by atoms with Gasteiger partial charge in [-0.2, -0.15) is 9.57 Å². The molecule has 3 aromatic rings.